The molecular formula is C75H63BN3O. The van der Waals surface area contributed by atoms with E-state index in [2.05, 4.69) is 320 Å². The fourth-order valence-corrected chi connectivity index (χ4v) is 11.5. The van der Waals surface area contributed by atoms with Gasteiger partial charge in [-0.3, -0.25) is 0 Å². The topological polar surface area (TPSA) is 31.6 Å². The molecule has 387 valence electrons. The molecular weight excluding hydrogens is 970 g/mol. The van der Waals surface area contributed by atoms with Crippen LogP contribution in [0, 0.1) is 6.92 Å². The minimum absolute atomic E-state index is 0.00663. The van der Waals surface area contributed by atoms with E-state index in [-0.39, 0.29) is 10.8 Å². The predicted octanol–water partition coefficient (Wildman–Crippen LogP) is 19.8. The van der Waals surface area contributed by atoms with Crippen LogP contribution in [-0.2, 0) is 10.8 Å². The van der Waals surface area contributed by atoms with Gasteiger partial charge in [-0.1, -0.05) is 223 Å². The molecule has 2 heterocycles. The summed E-state index contributed by atoms with van der Waals surface area (Å²) in [4.78, 5) is 4.87. The number of para-hydroxylation sites is 1. The number of hydrogen-bond donors (Lipinski definition) is 1. The molecule has 0 aliphatic carbocycles. The van der Waals surface area contributed by atoms with E-state index in [0.29, 0.717) is 0 Å². The second kappa shape index (κ2) is 20.2. The lowest BCUT2D eigenvalue weighted by Crippen LogP contribution is -2.41. The molecule has 4 nitrogen and oxygen atoms in total. The number of fused-ring (bicyclic) bond motifs is 6. The van der Waals surface area contributed by atoms with Crippen LogP contribution in [0.2, 0.25) is 0 Å². The first-order chi connectivity index (χ1) is 38.8. The number of furan rings is 1. The lowest BCUT2D eigenvalue weighted by atomic mass is 9.57. The maximum absolute atomic E-state index is 7.15. The zero-order valence-electron chi connectivity index (χ0n) is 46.6. The van der Waals surface area contributed by atoms with Crippen LogP contribution in [0.4, 0.5) is 45.5 Å². The van der Waals surface area contributed by atoms with Gasteiger partial charge in [0.2, 0.25) is 0 Å². The standard InChI is InChI=1S/C75H63BN3O/c1-49-27-28-55(52-23-15-10-16-24-52)46-69(49)79-68-44-31-54(51-21-13-9-14-22-51)45-66(68)76-71-64(48-65-63-25-17-18-26-70(63)80-73(65)72(71)79)62-43-42-61(47-67(62)77-58-36-29-53(30-37-58)50-19-11-8-12-20-50)78(59-38-32-56(33-39-59)74(2,3)4)60-40-34-57(35-41-60)75(5,6)7/h8-48,77H,1-7H3. The monoisotopic (exact) mass is 1030 g/mol. The van der Waals surface area contributed by atoms with E-state index < -0.39 is 0 Å². The van der Waals surface area contributed by atoms with Crippen molar-refractivity contribution in [2.75, 3.05) is 15.1 Å². The van der Waals surface area contributed by atoms with Gasteiger partial charge in [-0.25, -0.2) is 0 Å². The van der Waals surface area contributed by atoms with E-state index in [9.17, 15) is 0 Å². The first kappa shape index (κ1) is 50.2. The molecule has 80 heavy (non-hydrogen) atoms. The molecule has 0 fully saturated rings. The highest BCUT2D eigenvalue weighted by Gasteiger charge is 2.34. The van der Waals surface area contributed by atoms with E-state index in [0.717, 1.165) is 117 Å². The Bertz CT molecular complexity index is 4170. The fraction of sp³-hybridized carbons (Fsp3) is 0.120. The largest absolute Gasteiger partial charge is 0.454 e. The fourth-order valence-electron chi connectivity index (χ4n) is 11.5. The average molecular weight is 1030 g/mol. The van der Waals surface area contributed by atoms with Gasteiger partial charge in [-0.05, 0) is 152 Å². The number of rotatable bonds is 10. The summed E-state index contributed by atoms with van der Waals surface area (Å²) in [5, 5.41) is 6.16. The molecule has 13 rings (SSSR count). The molecule has 1 aliphatic heterocycles. The van der Waals surface area contributed by atoms with Crippen molar-refractivity contribution < 1.29 is 4.42 Å². The number of nitrogens with one attached hydrogen (secondary N) is 1. The van der Waals surface area contributed by atoms with Crippen molar-refractivity contribution in [2.45, 2.75) is 59.3 Å². The lowest BCUT2D eigenvalue weighted by Gasteiger charge is -2.36. The summed E-state index contributed by atoms with van der Waals surface area (Å²) in [6, 6.07) is 90.6. The summed E-state index contributed by atoms with van der Waals surface area (Å²) in [5.74, 6) is 0. The van der Waals surface area contributed by atoms with Crippen LogP contribution >= 0.6 is 0 Å². The minimum atomic E-state index is 0.00663. The Morgan fingerprint density at radius 3 is 1.54 bits per heavy atom. The SMILES string of the molecule is Cc1ccc(-c2ccccc2)cc1N1c2ccc(-c3ccccc3)cc2[B]c2c(-c3ccc(N(c4ccc(C(C)(C)C)cc4)c4ccc(C(C)(C)C)cc4)cc3Nc3ccc(-c4ccccc4)cc3)cc3c(oc4ccccc43)c21. The van der Waals surface area contributed by atoms with Crippen molar-refractivity contribution in [3.05, 3.63) is 265 Å². The molecule has 1 aromatic heterocycles. The maximum Gasteiger partial charge on any atom is 0.198 e. The molecule has 1 aliphatic rings. The Morgan fingerprint density at radius 1 is 0.425 bits per heavy atom. The summed E-state index contributed by atoms with van der Waals surface area (Å²) in [7, 11) is 2.40. The smallest absolute Gasteiger partial charge is 0.198 e. The summed E-state index contributed by atoms with van der Waals surface area (Å²) in [5.41, 5.74) is 25.1. The van der Waals surface area contributed by atoms with Crippen molar-refractivity contribution >= 4 is 85.6 Å². The van der Waals surface area contributed by atoms with Gasteiger partial charge in [-0.2, -0.15) is 0 Å². The number of anilines is 8. The van der Waals surface area contributed by atoms with Gasteiger partial charge in [0.15, 0.2) is 12.9 Å². The van der Waals surface area contributed by atoms with Crippen LogP contribution < -0.4 is 26.0 Å². The summed E-state index contributed by atoms with van der Waals surface area (Å²) in [6.07, 6.45) is 0. The number of nitrogens with zero attached hydrogens (tertiary/aromatic N) is 2. The van der Waals surface area contributed by atoms with Gasteiger partial charge in [0.25, 0.3) is 0 Å². The first-order valence-electron chi connectivity index (χ1n) is 27.9. The third-order valence-corrected chi connectivity index (χ3v) is 15.9. The Kier molecular flexibility index (Phi) is 12.7. The average Bonchev–Trinajstić information content (AvgIpc) is 4.07. The molecule has 1 N–H and O–H groups in total. The second-order valence-electron chi connectivity index (χ2n) is 23.4. The molecule has 0 atom stereocenters. The van der Waals surface area contributed by atoms with E-state index >= 15 is 0 Å². The molecule has 0 saturated heterocycles. The van der Waals surface area contributed by atoms with Crippen molar-refractivity contribution in [3.63, 3.8) is 0 Å². The molecule has 1 radical (unpaired) electrons. The van der Waals surface area contributed by atoms with Gasteiger partial charge in [-0.15, -0.1) is 0 Å². The maximum atomic E-state index is 7.15. The van der Waals surface area contributed by atoms with Crippen molar-refractivity contribution in [1.82, 2.24) is 0 Å². The van der Waals surface area contributed by atoms with Gasteiger partial charge >= 0.3 is 0 Å². The Balaban J connectivity index is 1.07. The Hall–Kier alpha value is -9.32. The predicted molar refractivity (Wildman–Crippen MR) is 342 cm³/mol. The van der Waals surface area contributed by atoms with Crippen LogP contribution in [0.3, 0.4) is 0 Å². The van der Waals surface area contributed by atoms with E-state index in [1.54, 1.807) is 0 Å². The molecule has 5 heteroatoms. The third-order valence-electron chi connectivity index (χ3n) is 15.9. The highest BCUT2D eigenvalue weighted by Crippen LogP contribution is 2.49. The molecule has 0 saturated carbocycles. The van der Waals surface area contributed by atoms with Crippen molar-refractivity contribution in [1.29, 1.82) is 0 Å². The minimum Gasteiger partial charge on any atom is -0.454 e. The number of hydrogen-bond acceptors (Lipinski definition) is 4. The van der Waals surface area contributed by atoms with E-state index in [1.807, 2.05) is 0 Å². The summed E-state index contributed by atoms with van der Waals surface area (Å²) >= 11 is 0. The zero-order valence-corrected chi connectivity index (χ0v) is 46.6. The van der Waals surface area contributed by atoms with Crippen LogP contribution in [-0.4, -0.2) is 7.28 Å². The van der Waals surface area contributed by atoms with Crippen LogP contribution in [0.15, 0.2) is 253 Å². The molecule has 12 aromatic rings. The molecule has 0 spiro atoms. The molecule has 11 aromatic carbocycles. The van der Waals surface area contributed by atoms with Gasteiger partial charge in [0.05, 0.1) is 5.69 Å². The third kappa shape index (κ3) is 9.43. The Morgan fingerprint density at radius 2 is 0.938 bits per heavy atom. The normalized spacial score (nSPS) is 12.3. The van der Waals surface area contributed by atoms with E-state index in [1.165, 1.54) is 22.3 Å². The zero-order chi connectivity index (χ0) is 54.7. The van der Waals surface area contributed by atoms with Gasteiger partial charge < -0.3 is 19.5 Å². The Labute approximate surface area is 471 Å². The van der Waals surface area contributed by atoms with Crippen LogP contribution in [0.25, 0.3) is 66.4 Å². The van der Waals surface area contributed by atoms with E-state index in [4.69, 9.17) is 4.42 Å². The highest BCUT2D eigenvalue weighted by atomic mass is 16.3. The molecule has 0 bridgehead atoms. The number of aryl methyl sites for hydroxylation is 1. The number of benzene rings is 11. The highest BCUT2D eigenvalue weighted by molar-refractivity contribution is 6.74. The van der Waals surface area contributed by atoms with Crippen molar-refractivity contribution in [3.8, 4) is 44.5 Å². The summed E-state index contributed by atoms with van der Waals surface area (Å²) in [6.45, 7) is 15.9. The van der Waals surface area contributed by atoms with Crippen LogP contribution in [0.1, 0.15) is 58.2 Å². The molecule has 0 unspecified atom stereocenters. The summed E-state index contributed by atoms with van der Waals surface area (Å²) < 4.78 is 7.15. The van der Waals surface area contributed by atoms with Crippen molar-refractivity contribution in [2.24, 2.45) is 0 Å². The van der Waals surface area contributed by atoms with Gasteiger partial charge in [0.1, 0.15) is 5.58 Å². The van der Waals surface area contributed by atoms with Crippen LogP contribution in [0.5, 0.6) is 0 Å². The second-order valence-corrected chi connectivity index (χ2v) is 23.4. The first-order valence-corrected chi connectivity index (χ1v) is 27.9. The van der Waals surface area contributed by atoms with Gasteiger partial charge in [0, 0.05) is 56.1 Å². The quantitative estimate of drug-likeness (QED) is 0.138. The molecule has 0 amide bonds. The lowest BCUT2D eigenvalue weighted by molar-refractivity contribution is 0.590.